The van der Waals surface area contributed by atoms with Crippen molar-refractivity contribution in [2.75, 3.05) is 7.11 Å². The summed E-state index contributed by atoms with van der Waals surface area (Å²) >= 11 is 0. The van der Waals surface area contributed by atoms with Gasteiger partial charge in [0.25, 0.3) is 0 Å². The molecule has 1 unspecified atom stereocenters. The van der Waals surface area contributed by atoms with Crippen molar-refractivity contribution in [3.63, 3.8) is 0 Å². The third kappa shape index (κ3) is 1.81. The van der Waals surface area contributed by atoms with Gasteiger partial charge in [0.2, 0.25) is 0 Å². The second kappa shape index (κ2) is 4.43. The van der Waals surface area contributed by atoms with E-state index in [-0.39, 0.29) is 0 Å². The lowest BCUT2D eigenvalue weighted by molar-refractivity contribution is 0.410. The molecular formula is C14H17OP. The van der Waals surface area contributed by atoms with Gasteiger partial charge in [-0.1, -0.05) is 32.0 Å². The summed E-state index contributed by atoms with van der Waals surface area (Å²) in [6.07, 6.45) is 0. The van der Waals surface area contributed by atoms with Gasteiger partial charge in [-0.3, -0.25) is 0 Å². The molecule has 0 aromatic heterocycles. The van der Waals surface area contributed by atoms with Gasteiger partial charge >= 0.3 is 0 Å². The molecule has 1 aliphatic heterocycles. The van der Waals surface area contributed by atoms with Gasteiger partial charge in [-0.15, -0.1) is 0 Å². The zero-order valence-electron chi connectivity index (χ0n) is 10.2. The van der Waals surface area contributed by atoms with Crippen LogP contribution >= 0.6 is 8.20 Å². The van der Waals surface area contributed by atoms with Crippen molar-refractivity contribution < 1.29 is 4.74 Å². The molecule has 1 atom stereocenters. The molecule has 16 heavy (non-hydrogen) atoms. The first kappa shape index (κ1) is 11.4. The number of benzene rings is 1. The van der Waals surface area contributed by atoms with Gasteiger partial charge in [0, 0.05) is 5.56 Å². The number of methoxy groups -OCH3 is 1. The summed E-state index contributed by atoms with van der Waals surface area (Å²) in [7, 11) is 3.14. The van der Waals surface area contributed by atoms with E-state index in [1.165, 1.54) is 30.2 Å². The van der Waals surface area contributed by atoms with Crippen LogP contribution in [0, 0.1) is 0 Å². The molecule has 0 amide bonds. The highest BCUT2D eigenvalue weighted by molar-refractivity contribution is 7.42. The lowest BCUT2D eigenvalue weighted by atomic mass is 10.00. The third-order valence-electron chi connectivity index (χ3n) is 3.30. The van der Waals surface area contributed by atoms with E-state index < -0.39 is 0 Å². The topological polar surface area (TPSA) is 9.23 Å². The SMILES string of the molecule is COc1ccccc1C1P=C(C)C(C)=C1C. The minimum Gasteiger partial charge on any atom is -0.496 e. The Bertz CT molecular complexity index is 471. The fourth-order valence-corrected chi connectivity index (χ4v) is 3.57. The molecular weight excluding hydrogens is 215 g/mol. The van der Waals surface area contributed by atoms with Crippen molar-refractivity contribution in [3.05, 3.63) is 41.0 Å². The van der Waals surface area contributed by atoms with Crippen LogP contribution < -0.4 is 4.74 Å². The summed E-state index contributed by atoms with van der Waals surface area (Å²) in [5, 5.41) is 1.48. The number of ether oxygens (including phenoxy) is 1. The molecule has 0 N–H and O–H groups in total. The minimum atomic E-state index is 0.483. The summed E-state index contributed by atoms with van der Waals surface area (Å²) in [4.78, 5) is 0. The smallest absolute Gasteiger partial charge is 0.123 e. The standard InChI is InChI=1S/C14H17OP/c1-9-10(2)14(16-11(9)3)12-7-5-6-8-13(12)15-4/h5-8,14H,1-4H3. The summed E-state index contributed by atoms with van der Waals surface area (Å²) < 4.78 is 5.44. The molecule has 1 aromatic rings. The van der Waals surface area contributed by atoms with E-state index in [1.807, 2.05) is 12.1 Å². The zero-order valence-corrected chi connectivity index (χ0v) is 11.1. The second-order valence-electron chi connectivity index (χ2n) is 4.17. The molecule has 1 aromatic carbocycles. The first-order chi connectivity index (χ1) is 7.65. The summed E-state index contributed by atoms with van der Waals surface area (Å²) in [6, 6.07) is 8.33. The van der Waals surface area contributed by atoms with Crippen LogP contribution in [0.2, 0.25) is 0 Å². The molecule has 0 spiro atoms. The molecule has 0 saturated heterocycles. The predicted molar refractivity (Wildman–Crippen MR) is 71.7 cm³/mol. The van der Waals surface area contributed by atoms with E-state index in [1.54, 1.807) is 7.11 Å². The Labute approximate surface area is 98.9 Å². The van der Waals surface area contributed by atoms with Crippen molar-refractivity contribution in [2.45, 2.75) is 26.4 Å². The first-order valence-electron chi connectivity index (χ1n) is 5.50. The van der Waals surface area contributed by atoms with Gasteiger partial charge in [-0.25, -0.2) is 0 Å². The largest absolute Gasteiger partial charge is 0.496 e. The Balaban J connectivity index is 2.48. The zero-order chi connectivity index (χ0) is 11.7. The maximum atomic E-state index is 5.44. The Morgan fingerprint density at radius 1 is 1.12 bits per heavy atom. The van der Waals surface area contributed by atoms with Gasteiger partial charge in [-0.05, 0) is 37.7 Å². The van der Waals surface area contributed by atoms with E-state index >= 15 is 0 Å². The number of rotatable bonds is 2. The lowest BCUT2D eigenvalue weighted by Gasteiger charge is -2.14. The van der Waals surface area contributed by atoms with Gasteiger partial charge in [0.1, 0.15) is 5.75 Å². The van der Waals surface area contributed by atoms with E-state index in [4.69, 9.17) is 4.74 Å². The highest BCUT2D eigenvalue weighted by Crippen LogP contribution is 2.46. The quantitative estimate of drug-likeness (QED) is 0.693. The molecule has 0 fully saturated rings. The molecule has 2 heteroatoms. The van der Waals surface area contributed by atoms with Crippen molar-refractivity contribution in [1.29, 1.82) is 0 Å². The molecule has 84 valence electrons. The number of allylic oxidation sites excluding steroid dienone is 2. The van der Waals surface area contributed by atoms with E-state index in [0.29, 0.717) is 5.66 Å². The summed E-state index contributed by atoms with van der Waals surface area (Å²) in [5.74, 6) is 1.00. The van der Waals surface area contributed by atoms with Gasteiger partial charge < -0.3 is 4.74 Å². The van der Waals surface area contributed by atoms with Gasteiger partial charge in [0.15, 0.2) is 0 Å². The Morgan fingerprint density at radius 2 is 1.81 bits per heavy atom. The maximum absolute atomic E-state index is 5.44. The van der Waals surface area contributed by atoms with Crippen molar-refractivity contribution >= 4 is 13.5 Å². The average Bonchev–Trinajstić information content (AvgIpc) is 2.57. The van der Waals surface area contributed by atoms with Crippen LogP contribution in [0.1, 0.15) is 32.0 Å². The average molecular weight is 232 g/mol. The van der Waals surface area contributed by atoms with Crippen molar-refractivity contribution in [2.24, 2.45) is 0 Å². The molecule has 1 heterocycles. The van der Waals surface area contributed by atoms with E-state index in [2.05, 4.69) is 32.9 Å². The maximum Gasteiger partial charge on any atom is 0.123 e. The second-order valence-corrected chi connectivity index (χ2v) is 5.61. The van der Waals surface area contributed by atoms with Gasteiger partial charge in [0.05, 0.1) is 12.8 Å². The highest BCUT2D eigenvalue weighted by Gasteiger charge is 2.23. The summed E-state index contributed by atoms with van der Waals surface area (Å²) in [6.45, 7) is 6.67. The third-order valence-corrected chi connectivity index (χ3v) is 4.95. The Morgan fingerprint density at radius 3 is 2.38 bits per heavy atom. The first-order valence-corrected chi connectivity index (χ1v) is 6.46. The van der Waals surface area contributed by atoms with E-state index in [9.17, 15) is 0 Å². The van der Waals surface area contributed by atoms with Crippen LogP contribution in [0.3, 0.4) is 0 Å². The molecule has 0 aliphatic carbocycles. The molecule has 0 bridgehead atoms. The van der Waals surface area contributed by atoms with E-state index in [0.717, 1.165) is 5.75 Å². The number of para-hydroxylation sites is 1. The van der Waals surface area contributed by atoms with Crippen LogP contribution in [0.5, 0.6) is 5.75 Å². The van der Waals surface area contributed by atoms with Crippen molar-refractivity contribution in [3.8, 4) is 5.75 Å². The van der Waals surface area contributed by atoms with Gasteiger partial charge in [-0.2, -0.15) is 0 Å². The van der Waals surface area contributed by atoms with Crippen LogP contribution in [-0.4, -0.2) is 12.4 Å². The fraction of sp³-hybridized carbons (Fsp3) is 0.357. The molecule has 1 aliphatic rings. The summed E-state index contributed by atoms with van der Waals surface area (Å²) in [5.41, 5.74) is 4.72. The molecule has 0 saturated carbocycles. The van der Waals surface area contributed by atoms with Crippen molar-refractivity contribution in [1.82, 2.24) is 0 Å². The van der Waals surface area contributed by atoms with Crippen LogP contribution in [0.4, 0.5) is 0 Å². The highest BCUT2D eigenvalue weighted by atomic mass is 31.1. The van der Waals surface area contributed by atoms with Crippen LogP contribution in [0.15, 0.2) is 35.4 Å². The van der Waals surface area contributed by atoms with Crippen LogP contribution in [-0.2, 0) is 0 Å². The minimum absolute atomic E-state index is 0.483. The monoisotopic (exact) mass is 232 g/mol. The Kier molecular flexibility index (Phi) is 3.16. The Hall–Kier alpha value is -1.07. The number of hydrogen-bond acceptors (Lipinski definition) is 1. The molecule has 0 radical (unpaired) electrons. The normalized spacial score (nSPS) is 21.0. The fourth-order valence-electron chi connectivity index (χ4n) is 2.07. The predicted octanol–water partition coefficient (Wildman–Crippen LogP) is 4.22. The molecule has 1 nitrogen and oxygen atoms in total. The number of hydrogen-bond donors (Lipinski definition) is 0. The lowest BCUT2D eigenvalue weighted by Crippen LogP contribution is -1.96. The van der Waals surface area contributed by atoms with Crippen LogP contribution in [0.25, 0.3) is 0 Å². The molecule has 2 rings (SSSR count).